The molecule has 2 fully saturated rings. The molecule has 5 heteroatoms. The highest BCUT2D eigenvalue weighted by Crippen LogP contribution is 2.59. The van der Waals surface area contributed by atoms with Crippen LogP contribution in [0.4, 0.5) is 0 Å². The minimum atomic E-state index is 0.293. The molecule has 1 atom stereocenters. The summed E-state index contributed by atoms with van der Waals surface area (Å²) < 4.78 is 0. The smallest absolute Gasteiger partial charge is 0.225 e. The quantitative estimate of drug-likeness (QED) is 0.857. The maximum Gasteiger partial charge on any atom is 0.225 e. The van der Waals surface area contributed by atoms with Crippen LogP contribution >= 0.6 is 11.3 Å². The van der Waals surface area contributed by atoms with Gasteiger partial charge in [-0.25, -0.2) is 4.98 Å². The first-order chi connectivity index (χ1) is 9.50. The predicted molar refractivity (Wildman–Crippen MR) is 80.6 cm³/mol. The van der Waals surface area contributed by atoms with Gasteiger partial charge in [0.25, 0.3) is 0 Å². The number of likely N-dealkylation sites (tertiary alicyclic amines) is 1. The third-order valence-electron chi connectivity index (χ3n) is 4.83. The molecule has 2 aliphatic rings. The van der Waals surface area contributed by atoms with Crippen molar-refractivity contribution in [3.63, 3.8) is 0 Å². The molecule has 1 aromatic rings. The fourth-order valence-electron chi connectivity index (χ4n) is 3.43. The second-order valence-corrected chi connectivity index (χ2v) is 7.55. The highest BCUT2D eigenvalue weighted by molar-refractivity contribution is 7.09. The third kappa shape index (κ3) is 2.61. The van der Waals surface area contributed by atoms with Gasteiger partial charge in [0, 0.05) is 31.9 Å². The largest absolute Gasteiger partial charge is 0.349 e. The van der Waals surface area contributed by atoms with E-state index in [-0.39, 0.29) is 0 Å². The zero-order valence-electron chi connectivity index (χ0n) is 12.6. The van der Waals surface area contributed by atoms with Gasteiger partial charge in [-0.1, -0.05) is 0 Å². The minimum Gasteiger partial charge on any atom is -0.349 e. The number of nitrogens with zero attached hydrogens (tertiary/aromatic N) is 3. The highest BCUT2D eigenvalue weighted by atomic mass is 32.1. The molecule has 1 aliphatic carbocycles. The van der Waals surface area contributed by atoms with E-state index in [1.54, 1.807) is 16.2 Å². The molecule has 0 radical (unpaired) electrons. The Morgan fingerprint density at radius 3 is 2.75 bits per heavy atom. The van der Waals surface area contributed by atoms with Gasteiger partial charge in [0.05, 0.1) is 10.7 Å². The molecule has 0 aromatic carbocycles. The number of carbonyl (C=O) groups excluding carboxylic acids is 1. The molecule has 3 rings (SSSR count). The molecule has 1 saturated heterocycles. The van der Waals surface area contributed by atoms with Gasteiger partial charge in [-0.15, -0.1) is 11.3 Å². The second-order valence-electron chi connectivity index (χ2n) is 6.49. The maximum absolute atomic E-state index is 12.1. The van der Waals surface area contributed by atoms with E-state index in [1.807, 2.05) is 14.1 Å². The molecular weight excluding hydrogens is 270 g/mol. The number of amides is 1. The number of piperidine rings is 1. The number of rotatable bonds is 3. The number of thiazole rings is 1. The molecular formula is C15H23N3OS. The summed E-state index contributed by atoms with van der Waals surface area (Å²) in [5.41, 5.74) is 1.52. The van der Waals surface area contributed by atoms with Gasteiger partial charge < -0.3 is 4.90 Å². The Morgan fingerprint density at radius 1 is 1.50 bits per heavy atom. The predicted octanol–water partition coefficient (Wildman–Crippen LogP) is 2.14. The van der Waals surface area contributed by atoms with E-state index in [0.29, 0.717) is 17.2 Å². The third-order valence-corrected chi connectivity index (χ3v) is 5.65. The lowest BCUT2D eigenvalue weighted by Gasteiger charge is -2.32. The SMILES string of the molecule is Cc1nc(CN2CCC3(CC2)C[C@@H]3C(=O)N(C)C)cs1. The molecule has 0 unspecified atom stereocenters. The molecule has 1 spiro atoms. The van der Waals surface area contributed by atoms with Crippen LogP contribution in [0.15, 0.2) is 5.38 Å². The van der Waals surface area contributed by atoms with Crippen LogP contribution < -0.4 is 0 Å². The van der Waals surface area contributed by atoms with Crippen molar-refractivity contribution in [3.05, 3.63) is 16.1 Å². The summed E-state index contributed by atoms with van der Waals surface area (Å²) in [7, 11) is 3.74. The minimum absolute atomic E-state index is 0.293. The molecule has 110 valence electrons. The highest BCUT2D eigenvalue weighted by Gasteiger charge is 2.58. The topological polar surface area (TPSA) is 36.4 Å². The summed E-state index contributed by atoms with van der Waals surface area (Å²) in [6, 6.07) is 0. The van der Waals surface area contributed by atoms with Gasteiger partial charge in [0.15, 0.2) is 0 Å². The summed E-state index contributed by atoms with van der Waals surface area (Å²) >= 11 is 1.72. The molecule has 1 aromatic heterocycles. The molecule has 4 nitrogen and oxygen atoms in total. The molecule has 1 saturated carbocycles. The first kappa shape index (κ1) is 14.0. The van der Waals surface area contributed by atoms with Gasteiger partial charge in [0.2, 0.25) is 5.91 Å². The van der Waals surface area contributed by atoms with E-state index in [0.717, 1.165) is 31.1 Å². The first-order valence-corrected chi connectivity index (χ1v) is 8.23. The van der Waals surface area contributed by atoms with Crippen LogP contribution in [0.25, 0.3) is 0 Å². The molecule has 1 amide bonds. The van der Waals surface area contributed by atoms with E-state index in [1.165, 1.54) is 18.5 Å². The maximum atomic E-state index is 12.1. The molecule has 2 heterocycles. The van der Waals surface area contributed by atoms with Crippen LogP contribution in [-0.4, -0.2) is 47.9 Å². The monoisotopic (exact) mass is 293 g/mol. The van der Waals surface area contributed by atoms with E-state index >= 15 is 0 Å². The number of carbonyl (C=O) groups is 1. The van der Waals surface area contributed by atoms with Crippen molar-refractivity contribution in [3.8, 4) is 0 Å². The van der Waals surface area contributed by atoms with Crippen molar-refractivity contribution < 1.29 is 4.79 Å². The van der Waals surface area contributed by atoms with Gasteiger partial charge >= 0.3 is 0 Å². The van der Waals surface area contributed by atoms with Crippen molar-refractivity contribution in [2.75, 3.05) is 27.2 Å². The zero-order chi connectivity index (χ0) is 14.3. The van der Waals surface area contributed by atoms with Crippen LogP contribution in [0.5, 0.6) is 0 Å². The standard InChI is InChI=1S/C15H23N3OS/c1-11-16-12(10-20-11)9-18-6-4-15(5-7-18)8-13(15)14(19)17(2)3/h10,13H,4-9H2,1-3H3/t13-/m1/s1. The van der Waals surface area contributed by atoms with Crippen LogP contribution in [0.2, 0.25) is 0 Å². The summed E-state index contributed by atoms with van der Waals surface area (Å²) in [6.45, 7) is 5.23. The fourth-order valence-corrected chi connectivity index (χ4v) is 4.03. The molecule has 0 N–H and O–H groups in total. The van der Waals surface area contributed by atoms with Crippen molar-refractivity contribution in [2.45, 2.75) is 32.7 Å². The lowest BCUT2D eigenvalue weighted by atomic mass is 9.90. The van der Waals surface area contributed by atoms with Crippen molar-refractivity contribution >= 4 is 17.2 Å². The van der Waals surface area contributed by atoms with Gasteiger partial charge in [-0.3, -0.25) is 9.69 Å². The number of aryl methyl sites for hydroxylation is 1. The van der Waals surface area contributed by atoms with Crippen LogP contribution in [0, 0.1) is 18.3 Å². The Hall–Kier alpha value is -0.940. The van der Waals surface area contributed by atoms with E-state index in [4.69, 9.17) is 0 Å². The summed E-state index contributed by atoms with van der Waals surface area (Å²) in [5, 5.41) is 3.31. The van der Waals surface area contributed by atoms with Crippen molar-refractivity contribution in [1.82, 2.24) is 14.8 Å². The Labute approximate surface area is 124 Å². The zero-order valence-corrected chi connectivity index (χ0v) is 13.4. The van der Waals surface area contributed by atoms with Crippen molar-refractivity contribution in [1.29, 1.82) is 0 Å². The van der Waals surface area contributed by atoms with Gasteiger partial charge in [-0.2, -0.15) is 0 Å². The summed E-state index contributed by atoms with van der Waals surface area (Å²) in [6.07, 6.45) is 3.44. The number of hydrogen-bond acceptors (Lipinski definition) is 4. The van der Waals surface area contributed by atoms with E-state index in [2.05, 4.69) is 22.2 Å². The second kappa shape index (κ2) is 5.11. The Morgan fingerprint density at radius 2 is 2.20 bits per heavy atom. The first-order valence-electron chi connectivity index (χ1n) is 7.35. The average Bonchev–Trinajstić information content (AvgIpc) is 2.96. The van der Waals surface area contributed by atoms with Gasteiger partial charge in [0.1, 0.15) is 0 Å². The van der Waals surface area contributed by atoms with E-state index < -0.39 is 0 Å². The van der Waals surface area contributed by atoms with E-state index in [9.17, 15) is 4.79 Å². The van der Waals surface area contributed by atoms with Crippen LogP contribution in [-0.2, 0) is 11.3 Å². The Balaban J connectivity index is 1.52. The van der Waals surface area contributed by atoms with Crippen molar-refractivity contribution in [2.24, 2.45) is 11.3 Å². The normalized spacial score (nSPS) is 24.9. The molecule has 20 heavy (non-hydrogen) atoms. The lowest BCUT2D eigenvalue weighted by Crippen LogP contribution is -2.36. The lowest BCUT2D eigenvalue weighted by molar-refractivity contribution is -0.131. The van der Waals surface area contributed by atoms with Gasteiger partial charge in [-0.05, 0) is 44.7 Å². The summed E-state index contributed by atoms with van der Waals surface area (Å²) in [4.78, 5) is 20.8. The number of hydrogen-bond donors (Lipinski definition) is 0. The Bertz CT molecular complexity index is 503. The average molecular weight is 293 g/mol. The van der Waals surface area contributed by atoms with Crippen LogP contribution in [0.3, 0.4) is 0 Å². The van der Waals surface area contributed by atoms with Crippen LogP contribution in [0.1, 0.15) is 30.0 Å². The molecule has 0 bridgehead atoms. The number of aromatic nitrogens is 1. The summed E-state index contributed by atoms with van der Waals surface area (Å²) in [5.74, 6) is 0.620. The molecule has 1 aliphatic heterocycles. The Kier molecular flexibility index (Phi) is 3.58. The fraction of sp³-hybridized carbons (Fsp3) is 0.733.